The van der Waals surface area contributed by atoms with Crippen LogP contribution in [0.1, 0.15) is 18.4 Å². The molecule has 0 unspecified atom stereocenters. The van der Waals surface area contributed by atoms with Gasteiger partial charge in [0.2, 0.25) is 5.91 Å². The largest absolute Gasteiger partial charge is 0.394 e. The van der Waals surface area contributed by atoms with Crippen molar-refractivity contribution in [3.8, 4) is 0 Å². The van der Waals surface area contributed by atoms with Crippen LogP contribution in [0.4, 0.5) is 0 Å². The molecule has 2 N–H and O–H groups in total. The Balaban J connectivity index is 1.93. The summed E-state index contributed by atoms with van der Waals surface area (Å²) >= 11 is 0. The molecule has 2 heterocycles. The van der Waals surface area contributed by atoms with E-state index < -0.39 is 5.54 Å². The van der Waals surface area contributed by atoms with E-state index in [2.05, 4.69) is 10.3 Å². The third-order valence-electron chi connectivity index (χ3n) is 3.24. The van der Waals surface area contributed by atoms with E-state index in [4.69, 9.17) is 4.74 Å². The monoisotopic (exact) mass is 250 g/mol. The van der Waals surface area contributed by atoms with Crippen LogP contribution in [0.3, 0.4) is 0 Å². The Morgan fingerprint density at radius 1 is 1.50 bits per heavy atom. The van der Waals surface area contributed by atoms with Crippen LogP contribution >= 0.6 is 0 Å². The topological polar surface area (TPSA) is 71.5 Å². The first-order valence-corrected chi connectivity index (χ1v) is 6.13. The van der Waals surface area contributed by atoms with Gasteiger partial charge in [0.1, 0.15) is 0 Å². The van der Waals surface area contributed by atoms with Crippen molar-refractivity contribution >= 4 is 5.91 Å². The van der Waals surface area contributed by atoms with E-state index in [0.29, 0.717) is 26.1 Å². The van der Waals surface area contributed by atoms with Crippen LogP contribution in [-0.2, 0) is 16.0 Å². The number of hydrogen-bond donors (Lipinski definition) is 2. The molecule has 0 radical (unpaired) electrons. The summed E-state index contributed by atoms with van der Waals surface area (Å²) in [7, 11) is 0. The number of rotatable bonds is 4. The van der Waals surface area contributed by atoms with Crippen molar-refractivity contribution in [1.29, 1.82) is 0 Å². The van der Waals surface area contributed by atoms with Crippen molar-refractivity contribution in [2.24, 2.45) is 0 Å². The van der Waals surface area contributed by atoms with Crippen LogP contribution in [0, 0.1) is 0 Å². The van der Waals surface area contributed by atoms with E-state index in [1.807, 2.05) is 6.07 Å². The molecule has 0 bridgehead atoms. The minimum Gasteiger partial charge on any atom is -0.394 e. The number of hydrogen-bond acceptors (Lipinski definition) is 4. The Hall–Kier alpha value is -1.46. The highest BCUT2D eigenvalue weighted by atomic mass is 16.5. The number of carbonyl (C=O) groups excluding carboxylic acids is 1. The Morgan fingerprint density at radius 3 is 2.89 bits per heavy atom. The lowest BCUT2D eigenvalue weighted by atomic mass is 9.90. The lowest BCUT2D eigenvalue weighted by molar-refractivity contribution is -0.124. The summed E-state index contributed by atoms with van der Waals surface area (Å²) in [5.74, 6) is -0.0843. The first-order chi connectivity index (χ1) is 8.74. The number of ether oxygens (including phenoxy) is 1. The molecule has 1 aromatic rings. The van der Waals surface area contributed by atoms with E-state index in [9.17, 15) is 9.90 Å². The van der Waals surface area contributed by atoms with Crippen molar-refractivity contribution in [3.63, 3.8) is 0 Å². The molecule has 0 aromatic carbocycles. The molecule has 1 amide bonds. The molecule has 1 fully saturated rings. The van der Waals surface area contributed by atoms with Gasteiger partial charge in [0.05, 0.1) is 18.6 Å². The van der Waals surface area contributed by atoms with Crippen LogP contribution < -0.4 is 5.32 Å². The summed E-state index contributed by atoms with van der Waals surface area (Å²) < 4.78 is 5.25. The lowest BCUT2D eigenvalue weighted by Crippen LogP contribution is -2.55. The average molecular weight is 250 g/mol. The molecule has 1 aliphatic heterocycles. The van der Waals surface area contributed by atoms with E-state index in [0.717, 1.165) is 5.56 Å². The van der Waals surface area contributed by atoms with Gasteiger partial charge in [-0.25, -0.2) is 0 Å². The fraction of sp³-hybridized carbons (Fsp3) is 0.538. The summed E-state index contributed by atoms with van der Waals surface area (Å²) in [6, 6.07) is 3.67. The second kappa shape index (κ2) is 5.93. The predicted molar refractivity (Wildman–Crippen MR) is 66.0 cm³/mol. The zero-order valence-corrected chi connectivity index (χ0v) is 10.3. The molecule has 2 rings (SSSR count). The molecular weight excluding hydrogens is 232 g/mol. The third-order valence-corrected chi connectivity index (χ3v) is 3.24. The number of pyridine rings is 1. The molecular formula is C13H18N2O3. The summed E-state index contributed by atoms with van der Waals surface area (Å²) in [5.41, 5.74) is 0.354. The zero-order chi connectivity index (χ0) is 12.8. The van der Waals surface area contributed by atoms with Crippen molar-refractivity contribution in [2.75, 3.05) is 19.8 Å². The highest BCUT2D eigenvalue weighted by molar-refractivity contribution is 5.79. The Kier molecular flexibility index (Phi) is 4.28. The number of aliphatic hydroxyl groups excluding tert-OH is 1. The summed E-state index contributed by atoms with van der Waals surface area (Å²) in [6.45, 7) is 1.11. The van der Waals surface area contributed by atoms with Crippen molar-refractivity contribution in [3.05, 3.63) is 30.1 Å². The number of nitrogens with zero attached hydrogens (tertiary/aromatic N) is 1. The van der Waals surface area contributed by atoms with Crippen molar-refractivity contribution in [2.45, 2.75) is 24.8 Å². The normalized spacial score (nSPS) is 18.3. The van der Waals surface area contributed by atoms with Crippen LogP contribution in [0.5, 0.6) is 0 Å². The van der Waals surface area contributed by atoms with Gasteiger partial charge in [0.25, 0.3) is 0 Å². The Labute approximate surface area is 106 Å². The predicted octanol–water partition coefficient (Wildman–Crippen LogP) is 0.282. The van der Waals surface area contributed by atoms with Gasteiger partial charge >= 0.3 is 0 Å². The maximum Gasteiger partial charge on any atom is 0.224 e. The molecule has 1 aromatic heterocycles. The standard InChI is InChI=1S/C13H18N2O3/c16-10-13(3-6-18-7-4-13)15-12(17)8-11-2-1-5-14-9-11/h1-2,5,9,16H,3-4,6-8,10H2,(H,15,17). The van der Waals surface area contributed by atoms with Crippen LogP contribution in [-0.4, -0.2) is 41.4 Å². The Bertz CT molecular complexity index is 388. The molecule has 5 nitrogen and oxygen atoms in total. The van der Waals surface area contributed by atoms with E-state index in [1.54, 1.807) is 18.5 Å². The molecule has 0 saturated carbocycles. The second-order valence-corrected chi connectivity index (χ2v) is 4.64. The Morgan fingerprint density at radius 2 is 2.28 bits per heavy atom. The van der Waals surface area contributed by atoms with Crippen LogP contribution in [0.2, 0.25) is 0 Å². The molecule has 0 spiro atoms. The summed E-state index contributed by atoms with van der Waals surface area (Å²) in [5, 5.41) is 12.4. The van der Waals surface area contributed by atoms with Gasteiger partial charge in [-0.05, 0) is 24.5 Å². The summed E-state index contributed by atoms with van der Waals surface area (Å²) in [4.78, 5) is 15.9. The molecule has 98 valence electrons. The van der Waals surface area contributed by atoms with E-state index >= 15 is 0 Å². The average Bonchev–Trinajstić information content (AvgIpc) is 2.41. The minimum absolute atomic E-state index is 0.0465. The van der Waals surface area contributed by atoms with Gasteiger partial charge in [0, 0.05) is 25.6 Å². The molecule has 5 heteroatoms. The highest BCUT2D eigenvalue weighted by Gasteiger charge is 2.33. The van der Waals surface area contributed by atoms with Gasteiger partial charge in [0.15, 0.2) is 0 Å². The number of nitrogens with one attached hydrogen (secondary N) is 1. The molecule has 1 saturated heterocycles. The first kappa shape index (κ1) is 13.0. The van der Waals surface area contributed by atoms with Gasteiger partial charge in [-0.1, -0.05) is 6.07 Å². The maximum absolute atomic E-state index is 12.0. The maximum atomic E-state index is 12.0. The third kappa shape index (κ3) is 3.27. The van der Waals surface area contributed by atoms with E-state index in [-0.39, 0.29) is 18.9 Å². The smallest absolute Gasteiger partial charge is 0.224 e. The quantitative estimate of drug-likeness (QED) is 0.805. The molecule has 0 atom stereocenters. The van der Waals surface area contributed by atoms with Gasteiger partial charge in [-0.15, -0.1) is 0 Å². The first-order valence-electron chi connectivity index (χ1n) is 6.13. The van der Waals surface area contributed by atoms with Gasteiger partial charge in [-0.2, -0.15) is 0 Å². The number of aliphatic hydroxyl groups is 1. The fourth-order valence-electron chi connectivity index (χ4n) is 2.11. The molecule has 0 aliphatic carbocycles. The number of amides is 1. The second-order valence-electron chi connectivity index (χ2n) is 4.64. The van der Waals surface area contributed by atoms with Crippen LogP contribution in [0.25, 0.3) is 0 Å². The highest BCUT2D eigenvalue weighted by Crippen LogP contribution is 2.20. The molecule has 1 aliphatic rings. The van der Waals surface area contributed by atoms with Crippen LogP contribution in [0.15, 0.2) is 24.5 Å². The fourth-order valence-corrected chi connectivity index (χ4v) is 2.11. The lowest BCUT2D eigenvalue weighted by Gasteiger charge is -2.36. The minimum atomic E-state index is -0.516. The van der Waals surface area contributed by atoms with Gasteiger partial charge < -0.3 is 15.2 Å². The van der Waals surface area contributed by atoms with Crippen molar-refractivity contribution in [1.82, 2.24) is 10.3 Å². The SMILES string of the molecule is O=C(Cc1cccnc1)NC1(CO)CCOCC1. The molecule has 18 heavy (non-hydrogen) atoms. The van der Waals surface area contributed by atoms with Gasteiger partial charge in [-0.3, -0.25) is 9.78 Å². The zero-order valence-electron chi connectivity index (χ0n) is 10.3. The summed E-state index contributed by atoms with van der Waals surface area (Å²) in [6.07, 6.45) is 4.95. The number of aromatic nitrogens is 1. The van der Waals surface area contributed by atoms with E-state index in [1.165, 1.54) is 0 Å². The van der Waals surface area contributed by atoms with Crippen molar-refractivity contribution < 1.29 is 14.6 Å². The number of carbonyl (C=O) groups is 1.